The molecule has 1 heterocycles. The Morgan fingerprint density at radius 3 is 2.47 bits per heavy atom. The lowest BCUT2D eigenvalue weighted by molar-refractivity contribution is -0.164. The van der Waals surface area contributed by atoms with E-state index >= 15 is 0 Å². The number of nitrogens with one attached hydrogen (secondary N) is 1. The fourth-order valence-electron chi connectivity index (χ4n) is 3.58. The van der Waals surface area contributed by atoms with Gasteiger partial charge < -0.3 is 33.7 Å². The summed E-state index contributed by atoms with van der Waals surface area (Å²) in [6.45, 7) is 4.54. The lowest BCUT2D eigenvalue weighted by atomic mass is 9.99. The second-order valence-electron chi connectivity index (χ2n) is 8.30. The zero-order chi connectivity index (χ0) is 24.7. The fourth-order valence-corrected chi connectivity index (χ4v) is 3.58. The maximum Gasteiger partial charge on any atom is 0.332 e. The number of carbonyl (C=O) groups excluding carboxylic acids is 2. The SMILES string of the molecule is COCCOCC(=O)OC(C)(C)COc1c(-c2ccc3c(c2)CNC3=O)ccc(OC)c1OC. The first-order chi connectivity index (χ1) is 16.3. The molecule has 1 aliphatic heterocycles. The van der Waals surface area contributed by atoms with E-state index in [2.05, 4.69) is 5.32 Å². The topological polar surface area (TPSA) is 102 Å². The van der Waals surface area contributed by atoms with Crippen molar-refractivity contribution in [1.29, 1.82) is 0 Å². The molecule has 3 rings (SSSR count). The van der Waals surface area contributed by atoms with Crippen LogP contribution >= 0.6 is 0 Å². The zero-order valence-electron chi connectivity index (χ0n) is 20.2. The molecule has 0 aromatic heterocycles. The maximum atomic E-state index is 12.2. The van der Waals surface area contributed by atoms with Crippen LogP contribution in [0.3, 0.4) is 0 Å². The monoisotopic (exact) mass is 473 g/mol. The molecule has 0 saturated carbocycles. The minimum Gasteiger partial charge on any atom is -0.493 e. The number of amides is 1. The highest BCUT2D eigenvalue weighted by atomic mass is 16.6. The Morgan fingerprint density at radius 2 is 1.76 bits per heavy atom. The summed E-state index contributed by atoms with van der Waals surface area (Å²) in [5, 5.41) is 2.82. The predicted molar refractivity (Wildman–Crippen MR) is 125 cm³/mol. The molecule has 0 unspecified atom stereocenters. The largest absolute Gasteiger partial charge is 0.493 e. The number of carbonyl (C=O) groups is 2. The van der Waals surface area contributed by atoms with Crippen molar-refractivity contribution in [2.24, 2.45) is 0 Å². The molecule has 9 nitrogen and oxygen atoms in total. The highest BCUT2D eigenvalue weighted by molar-refractivity contribution is 5.99. The molecule has 1 N–H and O–H groups in total. The third-order valence-electron chi connectivity index (χ3n) is 5.21. The van der Waals surface area contributed by atoms with Crippen LogP contribution in [0.2, 0.25) is 0 Å². The molecular formula is C25H31NO8. The molecule has 34 heavy (non-hydrogen) atoms. The summed E-state index contributed by atoms with van der Waals surface area (Å²) in [4.78, 5) is 24.1. The van der Waals surface area contributed by atoms with Crippen molar-refractivity contribution in [2.45, 2.75) is 26.0 Å². The van der Waals surface area contributed by atoms with Gasteiger partial charge in [0.15, 0.2) is 11.5 Å². The van der Waals surface area contributed by atoms with Gasteiger partial charge in [0.05, 0.1) is 27.4 Å². The molecule has 0 aliphatic carbocycles. The van der Waals surface area contributed by atoms with Crippen molar-refractivity contribution in [3.8, 4) is 28.4 Å². The number of hydrogen-bond donors (Lipinski definition) is 1. The molecule has 1 amide bonds. The Hall–Kier alpha value is -3.30. The van der Waals surface area contributed by atoms with Gasteiger partial charge >= 0.3 is 5.97 Å². The summed E-state index contributed by atoms with van der Waals surface area (Å²) in [6, 6.07) is 9.26. The van der Waals surface area contributed by atoms with E-state index in [1.165, 1.54) is 7.11 Å². The Labute approximate surface area is 199 Å². The molecule has 2 aromatic rings. The highest BCUT2D eigenvalue weighted by Gasteiger charge is 2.27. The van der Waals surface area contributed by atoms with E-state index < -0.39 is 11.6 Å². The van der Waals surface area contributed by atoms with Gasteiger partial charge in [-0.15, -0.1) is 0 Å². The first kappa shape index (κ1) is 25.3. The van der Waals surface area contributed by atoms with E-state index in [4.69, 9.17) is 28.4 Å². The van der Waals surface area contributed by atoms with Crippen molar-refractivity contribution in [2.75, 3.05) is 47.8 Å². The van der Waals surface area contributed by atoms with Crippen LogP contribution in [0.1, 0.15) is 29.8 Å². The molecule has 0 bridgehead atoms. The molecular weight excluding hydrogens is 442 g/mol. The van der Waals surface area contributed by atoms with Crippen molar-refractivity contribution < 1.29 is 38.0 Å². The standard InChI is InChI=1S/C25H31NO8/c1-25(2,34-21(27)14-32-11-10-29-3)15-33-22-18(8-9-20(30-4)23(22)31-5)16-6-7-19-17(12-16)13-26-24(19)28/h6-9,12H,10-11,13-15H2,1-5H3,(H,26,28). The Kier molecular flexibility index (Phi) is 8.36. The maximum absolute atomic E-state index is 12.2. The quantitative estimate of drug-likeness (QED) is 0.371. The van der Waals surface area contributed by atoms with Gasteiger partial charge in [-0.2, -0.15) is 0 Å². The van der Waals surface area contributed by atoms with Crippen LogP contribution in [0.25, 0.3) is 11.1 Å². The summed E-state index contributed by atoms with van der Waals surface area (Å²) in [6.07, 6.45) is 0. The van der Waals surface area contributed by atoms with Crippen LogP contribution in [0, 0.1) is 0 Å². The van der Waals surface area contributed by atoms with Crippen molar-refractivity contribution in [1.82, 2.24) is 5.32 Å². The van der Waals surface area contributed by atoms with E-state index in [0.29, 0.717) is 42.6 Å². The smallest absolute Gasteiger partial charge is 0.332 e. The summed E-state index contributed by atoms with van der Waals surface area (Å²) in [5.74, 6) is 0.776. The van der Waals surface area contributed by atoms with E-state index in [0.717, 1.165) is 16.7 Å². The van der Waals surface area contributed by atoms with Gasteiger partial charge in [0.2, 0.25) is 5.75 Å². The van der Waals surface area contributed by atoms with Crippen LogP contribution < -0.4 is 19.5 Å². The number of methoxy groups -OCH3 is 3. The van der Waals surface area contributed by atoms with E-state index in [9.17, 15) is 9.59 Å². The van der Waals surface area contributed by atoms with Gasteiger partial charge in [0.25, 0.3) is 5.91 Å². The number of hydrogen-bond acceptors (Lipinski definition) is 8. The van der Waals surface area contributed by atoms with Crippen LogP contribution in [0.15, 0.2) is 30.3 Å². The van der Waals surface area contributed by atoms with Crippen molar-refractivity contribution >= 4 is 11.9 Å². The highest BCUT2D eigenvalue weighted by Crippen LogP contribution is 2.45. The van der Waals surface area contributed by atoms with Gasteiger partial charge in [0, 0.05) is 24.8 Å². The summed E-state index contributed by atoms with van der Waals surface area (Å²) in [5.41, 5.74) is 2.23. The predicted octanol–water partition coefficient (Wildman–Crippen LogP) is 2.98. The zero-order valence-corrected chi connectivity index (χ0v) is 20.2. The summed E-state index contributed by atoms with van der Waals surface area (Å²) in [7, 11) is 4.63. The summed E-state index contributed by atoms with van der Waals surface area (Å²) < 4.78 is 32.9. The van der Waals surface area contributed by atoms with Crippen molar-refractivity contribution in [3.05, 3.63) is 41.5 Å². The number of esters is 1. The van der Waals surface area contributed by atoms with Gasteiger partial charge in [-0.05, 0) is 49.2 Å². The normalized spacial score (nSPS) is 12.7. The minimum absolute atomic E-state index is 0.0539. The average Bonchev–Trinajstić information content (AvgIpc) is 3.19. The van der Waals surface area contributed by atoms with Gasteiger partial charge in [-0.1, -0.05) is 6.07 Å². The molecule has 0 saturated heterocycles. The molecule has 1 aliphatic rings. The first-order valence-electron chi connectivity index (χ1n) is 10.9. The minimum atomic E-state index is -0.943. The van der Waals surface area contributed by atoms with Crippen LogP contribution in [0.5, 0.6) is 17.2 Å². The molecule has 0 fully saturated rings. The summed E-state index contributed by atoms with van der Waals surface area (Å²) >= 11 is 0. The van der Waals surface area contributed by atoms with Gasteiger partial charge in [-0.25, -0.2) is 4.79 Å². The second-order valence-corrected chi connectivity index (χ2v) is 8.30. The first-order valence-corrected chi connectivity index (χ1v) is 10.9. The molecule has 0 atom stereocenters. The van der Waals surface area contributed by atoms with Crippen LogP contribution in [-0.2, 0) is 25.5 Å². The van der Waals surface area contributed by atoms with E-state index in [1.54, 1.807) is 40.2 Å². The number of fused-ring (bicyclic) bond motifs is 1. The second kappa shape index (κ2) is 11.2. The lowest BCUT2D eigenvalue weighted by Crippen LogP contribution is -2.36. The molecule has 0 spiro atoms. The molecule has 2 aromatic carbocycles. The molecule has 184 valence electrons. The lowest BCUT2D eigenvalue weighted by Gasteiger charge is -2.27. The molecule has 0 radical (unpaired) electrons. The third kappa shape index (κ3) is 5.98. The average molecular weight is 474 g/mol. The Bertz CT molecular complexity index is 1030. The number of ether oxygens (including phenoxy) is 6. The van der Waals surface area contributed by atoms with Crippen LogP contribution in [0.4, 0.5) is 0 Å². The molecule has 9 heteroatoms. The Balaban J connectivity index is 1.82. The Morgan fingerprint density at radius 1 is 1.00 bits per heavy atom. The van der Waals surface area contributed by atoms with Gasteiger partial charge in [-0.3, -0.25) is 4.79 Å². The van der Waals surface area contributed by atoms with E-state index in [1.807, 2.05) is 18.2 Å². The van der Waals surface area contributed by atoms with E-state index in [-0.39, 0.29) is 19.1 Å². The fraction of sp³-hybridized carbons (Fsp3) is 0.440. The third-order valence-corrected chi connectivity index (χ3v) is 5.21. The van der Waals surface area contributed by atoms with Crippen molar-refractivity contribution in [3.63, 3.8) is 0 Å². The number of benzene rings is 2. The van der Waals surface area contributed by atoms with Gasteiger partial charge in [0.1, 0.15) is 18.8 Å². The number of rotatable bonds is 12. The van der Waals surface area contributed by atoms with Crippen LogP contribution in [-0.4, -0.2) is 65.2 Å².